The molecular weight excluding hydrogens is 548 g/mol. The van der Waals surface area contributed by atoms with Crippen molar-refractivity contribution in [2.24, 2.45) is 0 Å². The average molecular weight is 579 g/mol. The van der Waals surface area contributed by atoms with Gasteiger partial charge in [-0.15, -0.1) is 0 Å². The molecule has 4 heterocycles. The molecule has 5 rings (SSSR count). The summed E-state index contributed by atoms with van der Waals surface area (Å²) in [7, 11) is 0. The third-order valence-corrected chi connectivity index (χ3v) is 7.13. The van der Waals surface area contributed by atoms with Crippen molar-refractivity contribution in [2.45, 2.75) is 57.7 Å². The minimum absolute atomic E-state index is 0.255. The number of aryl methyl sites for hydroxylation is 2. The number of nitrogens with two attached hydrogens (primary N) is 1. The highest BCUT2D eigenvalue weighted by atomic mass is 32.2. The molecule has 12 nitrogen and oxygen atoms in total. The molecule has 1 unspecified atom stereocenters. The zero-order valence-corrected chi connectivity index (χ0v) is 23.9. The second kappa shape index (κ2) is 11.5. The third kappa shape index (κ3) is 6.14. The summed E-state index contributed by atoms with van der Waals surface area (Å²) < 4.78 is 24.9. The van der Waals surface area contributed by atoms with Crippen molar-refractivity contribution in [1.82, 2.24) is 24.8 Å². The molecule has 0 radical (unpaired) electrons. The number of nitrogens with zero attached hydrogens (tertiary/aromatic N) is 4. The van der Waals surface area contributed by atoms with Gasteiger partial charge in [0, 0.05) is 31.1 Å². The minimum atomic E-state index is -1.27. The van der Waals surface area contributed by atoms with E-state index in [1.165, 1.54) is 25.0 Å². The van der Waals surface area contributed by atoms with Crippen LogP contribution >= 0.6 is 11.8 Å². The van der Waals surface area contributed by atoms with Crippen LogP contribution in [0.15, 0.2) is 63.7 Å². The molecule has 0 saturated heterocycles. The van der Waals surface area contributed by atoms with Crippen molar-refractivity contribution in [1.29, 1.82) is 0 Å². The molecule has 3 N–H and O–H groups in total. The first-order valence-corrected chi connectivity index (χ1v) is 13.7. The lowest BCUT2D eigenvalue weighted by Crippen LogP contribution is -2.45. The van der Waals surface area contributed by atoms with Gasteiger partial charge < -0.3 is 34.2 Å². The molecule has 41 heavy (non-hydrogen) atoms. The molecule has 0 bridgehead atoms. The highest BCUT2D eigenvalue weighted by Gasteiger charge is 2.31. The van der Waals surface area contributed by atoms with E-state index in [1.807, 2.05) is 47.9 Å². The van der Waals surface area contributed by atoms with Gasteiger partial charge in [-0.3, -0.25) is 9.59 Å². The first-order valence-electron chi connectivity index (χ1n) is 12.9. The summed E-state index contributed by atoms with van der Waals surface area (Å²) in [5.74, 6) is 0.882. The van der Waals surface area contributed by atoms with E-state index in [0.717, 1.165) is 22.6 Å². The lowest BCUT2D eigenvalue weighted by Gasteiger charge is -2.23. The summed E-state index contributed by atoms with van der Waals surface area (Å²) in [6, 6.07) is 11.6. The minimum Gasteiger partial charge on any atom is -0.461 e. The topological polar surface area (TPSA) is 157 Å². The van der Waals surface area contributed by atoms with Crippen LogP contribution in [0.1, 0.15) is 44.8 Å². The van der Waals surface area contributed by atoms with Crippen LogP contribution < -0.4 is 11.1 Å². The molecule has 1 amide bonds. The molecule has 1 aromatic carbocycles. The number of carbonyl (C=O) groups is 2. The molecule has 214 valence electrons. The highest BCUT2D eigenvalue weighted by Crippen LogP contribution is 2.41. The Morgan fingerprint density at radius 1 is 1.20 bits per heavy atom. The predicted octanol–water partition coefficient (Wildman–Crippen LogP) is 4.46. The van der Waals surface area contributed by atoms with Crippen molar-refractivity contribution >= 4 is 40.6 Å². The molecule has 1 aliphatic heterocycles. The summed E-state index contributed by atoms with van der Waals surface area (Å²) in [6.45, 7) is 7.04. The van der Waals surface area contributed by atoms with E-state index < -0.39 is 17.9 Å². The van der Waals surface area contributed by atoms with Crippen LogP contribution in [-0.2, 0) is 30.3 Å². The Bertz CT molecular complexity index is 1630. The Labute approximate surface area is 240 Å². The van der Waals surface area contributed by atoms with Crippen LogP contribution in [0.4, 0.5) is 5.82 Å². The van der Waals surface area contributed by atoms with Gasteiger partial charge >= 0.3 is 5.97 Å². The number of nitrogen functional groups attached to an aromatic ring is 1. The number of fused-ring (bicyclic) bond motifs is 1. The van der Waals surface area contributed by atoms with Crippen molar-refractivity contribution < 1.29 is 28.2 Å². The Hall–Kier alpha value is -4.52. The fourth-order valence-corrected chi connectivity index (χ4v) is 5.17. The van der Waals surface area contributed by atoms with Crippen molar-refractivity contribution in [3.05, 3.63) is 65.4 Å². The Morgan fingerprint density at radius 2 is 2.00 bits per heavy atom. The quantitative estimate of drug-likeness (QED) is 0.202. The number of nitrogens with one attached hydrogen (secondary N) is 1. The maximum Gasteiger partial charge on any atom is 0.303 e. The van der Waals surface area contributed by atoms with Gasteiger partial charge in [-0.2, -0.15) is 0 Å². The van der Waals surface area contributed by atoms with Gasteiger partial charge in [-0.05, 0) is 51.1 Å². The lowest BCUT2D eigenvalue weighted by molar-refractivity contribution is -0.162. The lowest BCUT2D eigenvalue weighted by atomic mass is 10.1. The normalized spacial score (nSPS) is 14.8. The Balaban J connectivity index is 1.29. The Morgan fingerprint density at radius 3 is 2.76 bits per heavy atom. The second-order valence-corrected chi connectivity index (χ2v) is 10.8. The van der Waals surface area contributed by atoms with Crippen molar-refractivity contribution in [3.63, 3.8) is 0 Å². The zero-order chi connectivity index (χ0) is 29.1. The van der Waals surface area contributed by atoms with E-state index in [9.17, 15) is 9.59 Å². The van der Waals surface area contributed by atoms with Crippen LogP contribution in [-0.4, -0.2) is 43.5 Å². The van der Waals surface area contributed by atoms with Gasteiger partial charge in [0.1, 0.15) is 24.1 Å². The van der Waals surface area contributed by atoms with Gasteiger partial charge in [0.25, 0.3) is 12.2 Å². The number of imidazole rings is 1. The SMILES string of the molecule is CC(=O)OC(C)(C)C(=O)NCCCn1c(SC2=COC(c3ccccc3-c3ccc(C)o3)O2)nc2c(N)ncnc21. The molecule has 4 aromatic rings. The number of benzene rings is 1. The van der Waals surface area contributed by atoms with Gasteiger partial charge in [0.05, 0.1) is 0 Å². The van der Waals surface area contributed by atoms with Gasteiger partial charge in [-0.1, -0.05) is 24.3 Å². The average Bonchev–Trinajstić information content (AvgIpc) is 3.66. The van der Waals surface area contributed by atoms with E-state index in [2.05, 4.69) is 20.3 Å². The highest BCUT2D eigenvalue weighted by molar-refractivity contribution is 8.02. The van der Waals surface area contributed by atoms with Crippen LogP contribution in [0.2, 0.25) is 0 Å². The maximum absolute atomic E-state index is 12.5. The number of esters is 1. The number of rotatable bonds is 10. The summed E-state index contributed by atoms with van der Waals surface area (Å²) >= 11 is 1.27. The summed E-state index contributed by atoms with van der Waals surface area (Å²) in [4.78, 5) is 36.9. The number of anilines is 1. The van der Waals surface area contributed by atoms with Crippen LogP contribution in [0.5, 0.6) is 0 Å². The first kappa shape index (κ1) is 28.0. The van der Waals surface area contributed by atoms with Crippen molar-refractivity contribution in [2.75, 3.05) is 12.3 Å². The van der Waals surface area contributed by atoms with Crippen molar-refractivity contribution in [3.8, 4) is 11.3 Å². The van der Waals surface area contributed by atoms with Crippen LogP contribution in [0.25, 0.3) is 22.5 Å². The van der Waals surface area contributed by atoms with Gasteiger partial charge in [0.2, 0.25) is 5.09 Å². The molecule has 0 aliphatic carbocycles. The number of carbonyl (C=O) groups excluding carboxylic acids is 2. The molecule has 0 fully saturated rings. The molecule has 0 saturated carbocycles. The van der Waals surface area contributed by atoms with Gasteiger partial charge in [0.15, 0.2) is 27.7 Å². The fourth-order valence-electron chi connectivity index (χ4n) is 4.33. The Kier molecular flexibility index (Phi) is 7.88. The van der Waals surface area contributed by atoms with E-state index in [4.69, 9.17) is 24.4 Å². The zero-order valence-electron chi connectivity index (χ0n) is 23.0. The summed E-state index contributed by atoms with van der Waals surface area (Å²) in [6.07, 6.45) is 2.80. The number of hydrogen-bond donors (Lipinski definition) is 2. The third-order valence-electron chi connectivity index (χ3n) is 6.24. The van der Waals surface area contributed by atoms with Crippen LogP contribution in [0, 0.1) is 6.92 Å². The van der Waals surface area contributed by atoms with Crippen LogP contribution in [0.3, 0.4) is 0 Å². The van der Waals surface area contributed by atoms with Gasteiger partial charge in [-0.25, -0.2) is 15.0 Å². The maximum atomic E-state index is 12.5. The molecular formula is C28H30N6O6S. The molecule has 13 heteroatoms. The predicted molar refractivity (Wildman–Crippen MR) is 151 cm³/mol. The number of amides is 1. The largest absolute Gasteiger partial charge is 0.461 e. The first-order chi connectivity index (χ1) is 19.6. The smallest absolute Gasteiger partial charge is 0.303 e. The summed E-state index contributed by atoms with van der Waals surface area (Å²) in [5.41, 5.74) is 7.53. The molecule has 1 atom stereocenters. The fraction of sp³-hybridized carbons (Fsp3) is 0.321. The number of ether oxygens (including phenoxy) is 3. The number of hydrogen-bond acceptors (Lipinski definition) is 11. The second-order valence-electron chi connectivity index (χ2n) is 9.81. The number of furan rings is 1. The monoisotopic (exact) mass is 578 g/mol. The van der Waals surface area contributed by atoms with E-state index in [0.29, 0.717) is 40.9 Å². The molecule has 0 spiro atoms. The molecule has 1 aliphatic rings. The van der Waals surface area contributed by atoms with E-state index >= 15 is 0 Å². The summed E-state index contributed by atoms with van der Waals surface area (Å²) in [5, 5.41) is 3.88. The molecule has 3 aromatic heterocycles. The van der Waals surface area contributed by atoms with E-state index in [-0.39, 0.29) is 11.7 Å². The van der Waals surface area contributed by atoms with E-state index in [1.54, 1.807) is 20.1 Å². The standard InChI is InChI=1S/C28H30N6O6S/c1-16-10-11-20(38-16)18-8-5-6-9-19(18)25-37-14-21(39-25)41-27-33-22-23(29)31-15-32-24(22)34(27)13-7-12-30-26(36)28(3,4)40-17(2)35/h5-6,8-11,14-15,25H,7,12-13H2,1-4H3,(H,30,36)(H2,29,31,32). The number of aromatic nitrogens is 4. The number of thioether (sulfide) groups is 1.